The normalized spacial score (nSPS) is 14.9. The van der Waals surface area contributed by atoms with E-state index in [1.54, 1.807) is 107 Å². The lowest BCUT2D eigenvalue weighted by Gasteiger charge is -2.30. The smallest absolute Gasteiger partial charge is 0.303 e. The third kappa shape index (κ3) is 39.1. The highest BCUT2D eigenvalue weighted by Gasteiger charge is 2.40. The van der Waals surface area contributed by atoms with E-state index in [4.69, 9.17) is 22.9 Å². The van der Waals surface area contributed by atoms with Gasteiger partial charge in [-0.15, -0.1) is 0 Å². The number of para-hydroxylation sites is 1. The second kappa shape index (κ2) is 53.3. The molecule has 26 N–H and O–H groups in total. The van der Waals surface area contributed by atoms with Crippen molar-refractivity contribution in [3.63, 3.8) is 0 Å². The predicted octanol–water partition coefficient (Wildman–Crippen LogP) is -2.29. The van der Waals surface area contributed by atoms with Crippen LogP contribution in [0.1, 0.15) is 199 Å². The molecule has 0 unspecified atom stereocenters. The average Bonchev–Trinajstić information content (AvgIpc) is 1.81. The Labute approximate surface area is 704 Å². The number of nitrogens with two attached hydrogens (primary N) is 4. The molecule has 41 nitrogen and oxygen atoms in total. The highest BCUT2D eigenvalue weighted by molar-refractivity contribution is 6.01. The molecule has 678 valence electrons. The maximum Gasteiger partial charge on any atom is 0.303 e. The van der Waals surface area contributed by atoms with E-state index >= 15 is 0 Å². The van der Waals surface area contributed by atoms with Crippen molar-refractivity contribution >= 4 is 123 Å². The van der Waals surface area contributed by atoms with E-state index in [-0.39, 0.29) is 69.2 Å². The number of benzene rings is 1. The van der Waals surface area contributed by atoms with Crippen LogP contribution < -0.4 is 97.4 Å². The maximum atomic E-state index is 14.6. The third-order valence-corrected chi connectivity index (χ3v) is 19.5. The maximum absolute atomic E-state index is 14.6. The molecule has 2 rings (SSSR count). The van der Waals surface area contributed by atoms with Crippen molar-refractivity contribution in [1.29, 1.82) is 0 Å². The van der Waals surface area contributed by atoms with E-state index in [0.717, 1.165) is 0 Å². The first-order chi connectivity index (χ1) is 56.6. The van der Waals surface area contributed by atoms with Crippen LogP contribution in [0.2, 0.25) is 0 Å². The number of hydrogen-bond acceptors (Lipinski definition) is 21. The molecule has 14 atom stereocenters. The van der Waals surface area contributed by atoms with Crippen molar-refractivity contribution in [1.82, 2.24) is 79.4 Å². The number of aliphatic carboxylic acids is 3. The Hall–Kier alpha value is -11.4. The van der Waals surface area contributed by atoms with Crippen LogP contribution in [0.25, 0.3) is 10.9 Å². The number of amides is 16. The van der Waals surface area contributed by atoms with Gasteiger partial charge in [-0.05, 0) is 124 Å². The molecule has 2 aromatic rings. The number of fused-ring (bicyclic) bond motifs is 1. The number of carboxylic acids is 3. The van der Waals surface area contributed by atoms with E-state index < -0.39 is 273 Å². The molecule has 41 heteroatoms. The summed E-state index contributed by atoms with van der Waals surface area (Å²) in [7, 11) is 0. The van der Waals surface area contributed by atoms with Gasteiger partial charge in [0.15, 0.2) is 0 Å². The van der Waals surface area contributed by atoms with Gasteiger partial charge in [-0.3, -0.25) is 91.1 Å². The standard InChI is InChI=1S/C80H131N19O22/c1-15-45(14)67(80(121)96-56(33-42(8)9)75(116)94-58(35-59(83)100)77(118)98-66(44(12)13)79(120)95-55(32-41(6)7)74(115)89-49(22-18-19-29-81)72(113)97-65(43(10)11)78(119)92-53(68(84)109)30-39(2)3)99-73(114)52(25-28-64(107)108)90-70(111)50(23-26-62(103)104)87-61(102)38-86-69(110)54(31-40(4)5)93-71(112)51(24-27-63(105)106)91-76(117)57(88-60(101)36-82)34-46-37-85-48-21-17-16-20-47(46)48/h16-17,20-21,37,39-45,49-58,65-67,85H,15,18-19,22-36,38,81-82H2,1-14H3,(H2,83,100)(H2,84,109)(H,86,110)(H,87,102)(H,88,101)(H,89,115)(H,90,111)(H,91,117)(H,92,119)(H,93,112)(H,94,116)(H,95,120)(H,96,121)(H,97,113)(H,98,118)(H,99,114)(H,103,104)(H,105,106)(H,107,108)/t45-,49-,50-,51-,52-,53-,54-,55-,56-,57-,58-,65-,66-,67-/m0/s1. The van der Waals surface area contributed by atoms with Crippen molar-refractivity contribution in [3.05, 3.63) is 36.0 Å². The molecule has 0 aliphatic heterocycles. The molecule has 0 saturated heterocycles. The predicted molar refractivity (Wildman–Crippen MR) is 443 cm³/mol. The molecule has 1 aromatic heterocycles. The molecule has 1 heterocycles. The Morgan fingerprint density at radius 2 is 0.727 bits per heavy atom. The summed E-state index contributed by atoms with van der Waals surface area (Å²) in [5.41, 5.74) is 23.9. The number of carbonyl (C=O) groups is 19. The van der Waals surface area contributed by atoms with Crippen LogP contribution in [0.5, 0.6) is 0 Å². The summed E-state index contributed by atoms with van der Waals surface area (Å²) < 4.78 is 0. The summed E-state index contributed by atoms with van der Waals surface area (Å²) in [6.07, 6.45) is -2.49. The zero-order valence-corrected chi connectivity index (χ0v) is 71.8. The second-order valence-corrected chi connectivity index (χ2v) is 32.7. The minimum atomic E-state index is -1.85. The largest absolute Gasteiger partial charge is 0.481 e. The van der Waals surface area contributed by atoms with E-state index in [1.807, 2.05) is 13.8 Å². The van der Waals surface area contributed by atoms with E-state index in [2.05, 4.69) is 79.4 Å². The molecule has 0 fully saturated rings. The fourth-order valence-electron chi connectivity index (χ4n) is 12.8. The lowest BCUT2D eigenvalue weighted by Crippen LogP contribution is -2.62. The molecule has 0 bridgehead atoms. The third-order valence-electron chi connectivity index (χ3n) is 19.5. The van der Waals surface area contributed by atoms with Gasteiger partial charge in [-0.25, -0.2) is 0 Å². The lowest BCUT2D eigenvalue weighted by atomic mass is 9.96. The number of aromatic amines is 1. The second-order valence-electron chi connectivity index (χ2n) is 32.7. The molecule has 0 saturated carbocycles. The van der Waals surface area contributed by atoms with Gasteiger partial charge >= 0.3 is 17.9 Å². The van der Waals surface area contributed by atoms with Gasteiger partial charge in [0.25, 0.3) is 0 Å². The zero-order valence-electron chi connectivity index (χ0n) is 71.8. The number of aromatic nitrogens is 1. The number of unbranched alkanes of at least 4 members (excludes halogenated alkanes) is 1. The number of carbonyl (C=O) groups excluding carboxylic acids is 16. The van der Waals surface area contributed by atoms with Crippen LogP contribution >= 0.6 is 0 Å². The Balaban J connectivity index is 2.46. The molecule has 0 aliphatic rings. The summed E-state index contributed by atoms with van der Waals surface area (Å²) >= 11 is 0. The molecule has 16 amide bonds. The van der Waals surface area contributed by atoms with E-state index in [0.29, 0.717) is 29.3 Å². The van der Waals surface area contributed by atoms with Crippen LogP contribution in [0.15, 0.2) is 30.5 Å². The minimum absolute atomic E-state index is 0.00439. The number of rotatable bonds is 58. The van der Waals surface area contributed by atoms with Crippen LogP contribution in [-0.2, 0) is 97.5 Å². The molecule has 1 aromatic carbocycles. The van der Waals surface area contributed by atoms with Crippen molar-refractivity contribution in [2.45, 2.75) is 278 Å². The molecule has 0 aliphatic carbocycles. The lowest BCUT2D eigenvalue weighted by molar-refractivity contribution is -0.140. The first-order valence-corrected chi connectivity index (χ1v) is 41.0. The summed E-state index contributed by atoms with van der Waals surface area (Å²) in [6, 6.07) is -12.4. The Kier molecular flexibility index (Phi) is 46.6. The van der Waals surface area contributed by atoms with Gasteiger partial charge in [0, 0.05) is 42.8 Å². The number of primary amides is 2. The van der Waals surface area contributed by atoms with E-state index in [9.17, 15) is 106 Å². The van der Waals surface area contributed by atoms with Crippen LogP contribution in [0.4, 0.5) is 0 Å². The van der Waals surface area contributed by atoms with Gasteiger partial charge in [-0.2, -0.15) is 0 Å². The van der Waals surface area contributed by atoms with Gasteiger partial charge in [0.1, 0.15) is 78.5 Å². The van der Waals surface area contributed by atoms with Crippen LogP contribution in [0, 0.1) is 41.4 Å². The van der Waals surface area contributed by atoms with Crippen molar-refractivity contribution in [2.75, 3.05) is 19.6 Å². The number of nitrogens with one attached hydrogen (secondary N) is 15. The van der Waals surface area contributed by atoms with Crippen molar-refractivity contribution in [3.8, 4) is 0 Å². The van der Waals surface area contributed by atoms with Gasteiger partial charge in [0.05, 0.1) is 19.5 Å². The summed E-state index contributed by atoms with van der Waals surface area (Å²) in [5.74, 6) is -22.9. The van der Waals surface area contributed by atoms with Crippen LogP contribution in [-0.4, -0.2) is 231 Å². The van der Waals surface area contributed by atoms with Gasteiger partial charge in [-0.1, -0.05) is 122 Å². The Bertz CT molecular complexity index is 3890. The highest BCUT2D eigenvalue weighted by Crippen LogP contribution is 2.21. The quantitative estimate of drug-likeness (QED) is 0.0310. The highest BCUT2D eigenvalue weighted by atomic mass is 16.4. The monoisotopic (exact) mass is 1710 g/mol. The first-order valence-electron chi connectivity index (χ1n) is 41.0. The zero-order chi connectivity index (χ0) is 91.8. The summed E-state index contributed by atoms with van der Waals surface area (Å²) in [5, 5.41) is 65.0. The van der Waals surface area contributed by atoms with Crippen LogP contribution in [0.3, 0.4) is 0 Å². The molecular formula is C80H131N19O22. The Morgan fingerprint density at radius 3 is 1.14 bits per heavy atom. The fourth-order valence-corrected chi connectivity index (χ4v) is 12.8. The molecule has 0 radical (unpaired) electrons. The van der Waals surface area contributed by atoms with Gasteiger partial charge in [0.2, 0.25) is 94.5 Å². The number of H-pyrrole nitrogens is 1. The topological polar surface area (TPSA) is 673 Å². The molecule has 0 spiro atoms. The fraction of sp³-hybridized carbons (Fsp3) is 0.662. The Morgan fingerprint density at radius 1 is 0.380 bits per heavy atom. The molecule has 121 heavy (non-hydrogen) atoms. The first kappa shape index (κ1) is 106. The van der Waals surface area contributed by atoms with Gasteiger partial charge < -0.3 is 118 Å². The van der Waals surface area contributed by atoms with Crippen molar-refractivity contribution in [2.24, 2.45) is 64.4 Å². The average molecular weight is 1710 g/mol. The minimum Gasteiger partial charge on any atom is -0.481 e. The van der Waals surface area contributed by atoms with Crippen molar-refractivity contribution < 1.29 is 106 Å². The summed E-state index contributed by atoms with van der Waals surface area (Å²) in [6.45, 7) is 22.2. The number of carboxylic acid groups (broad SMARTS) is 3. The SMILES string of the molecule is CC[C@H](C)[C@H](NC(=O)[C@H](CCC(=O)O)NC(=O)[C@H](CCC(=O)O)NC(=O)CNC(=O)[C@H](CC(C)C)NC(=O)[C@H](CCC(=O)O)NC(=O)[C@H](Cc1c[nH]c2ccccc12)NC(=O)CN)C(=O)N[C@@H](CC(C)C)C(=O)N[C@@H](CC(N)=O)C(=O)N[C@H](C(=O)N[C@@H](CC(C)C)C(=O)N[C@@H](CCCCN)C(=O)N[C@H](C(=O)N[C@@H](CC(C)C)C(N)=O)C(C)C)C(C)C. The molecular weight excluding hydrogens is 1580 g/mol. The number of hydrogen-bond donors (Lipinski definition) is 22. The summed E-state index contributed by atoms with van der Waals surface area (Å²) in [4.78, 5) is 261. The van der Waals surface area contributed by atoms with E-state index in [1.165, 1.54) is 6.92 Å².